The van der Waals surface area contributed by atoms with Gasteiger partial charge in [-0.2, -0.15) is 0 Å². The molecule has 0 radical (unpaired) electrons. The highest BCUT2D eigenvalue weighted by molar-refractivity contribution is 9.11. The molecule has 2 saturated heterocycles. The first-order valence-electron chi connectivity index (χ1n) is 23.5. The van der Waals surface area contributed by atoms with E-state index >= 15 is 0 Å². The van der Waals surface area contributed by atoms with Crippen molar-refractivity contribution < 1.29 is 28.7 Å². The fourth-order valence-corrected chi connectivity index (χ4v) is 11.5. The summed E-state index contributed by atoms with van der Waals surface area (Å²) < 4.78 is 12.2. The van der Waals surface area contributed by atoms with Gasteiger partial charge in [0.2, 0.25) is 0 Å². The van der Waals surface area contributed by atoms with Crippen molar-refractivity contribution in [2.75, 3.05) is 0 Å². The van der Waals surface area contributed by atoms with Crippen molar-refractivity contribution in [3.05, 3.63) is 141 Å². The van der Waals surface area contributed by atoms with Gasteiger partial charge in [-0.15, -0.1) is 22.7 Å². The minimum atomic E-state index is -0.603. The molecule has 4 aromatic heterocycles. The van der Waals surface area contributed by atoms with Crippen LogP contribution in [0.25, 0.3) is 10.8 Å². The number of carbonyl (C=O) groups excluding carboxylic acids is 4. The van der Waals surface area contributed by atoms with Crippen LogP contribution in [0.1, 0.15) is 129 Å². The molecule has 2 aliphatic carbocycles. The van der Waals surface area contributed by atoms with E-state index in [1.165, 1.54) is 22.7 Å². The van der Waals surface area contributed by atoms with E-state index in [4.69, 9.17) is 9.47 Å². The molecule has 10 rings (SSSR count). The van der Waals surface area contributed by atoms with E-state index in [1.54, 1.807) is 47.7 Å². The van der Waals surface area contributed by atoms with Gasteiger partial charge in [-0.25, -0.2) is 39.5 Å². The molecule has 0 bridgehead atoms. The number of aryl methyl sites for hydroxylation is 1. The number of nitrogens with one attached hydrogen (secondary N) is 2. The maximum Gasteiger partial charge on any atom is 0.411 e. The molecule has 2 aromatic carbocycles. The molecule has 2 N–H and O–H groups in total. The third kappa shape index (κ3) is 12.0. The van der Waals surface area contributed by atoms with Gasteiger partial charge >= 0.3 is 12.2 Å². The number of rotatable bonds is 9. The zero-order valence-corrected chi connectivity index (χ0v) is 43.0. The Labute approximate surface area is 424 Å². The zero-order valence-electron chi connectivity index (χ0n) is 39.7. The average molecular weight is 1050 g/mol. The molecular weight excluding hydrogens is 993 g/mol. The van der Waals surface area contributed by atoms with Crippen molar-refractivity contribution in [1.82, 2.24) is 50.3 Å². The summed E-state index contributed by atoms with van der Waals surface area (Å²) in [6.45, 7) is 9.74. The van der Waals surface area contributed by atoms with Crippen molar-refractivity contribution >= 4 is 62.6 Å². The number of carbonyl (C=O) groups is 4. The lowest BCUT2D eigenvalue weighted by molar-refractivity contribution is 0.0654. The van der Waals surface area contributed by atoms with Crippen LogP contribution in [0, 0.1) is 6.92 Å². The van der Waals surface area contributed by atoms with E-state index in [-0.39, 0.29) is 60.3 Å². The lowest BCUT2D eigenvalue weighted by atomic mass is 9.86. The number of aromatic nitrogens is 6. The Balaban J connectivity index is 0.000000167. The maximum absolute atomic E-state index is 12.9. The number of halogens is 1. The highest BCUT2D eigenvalue weighted by Crippen LogP contribution is 2.46. The second-order valence-corrected chi connectivity index (χ2v) is 21.7. The number of hydrogen-bond acceptors (Lipinski definition) is 14. The number of hydrogen-bond donors (Lipinski definition) is 2. The Kier molecular flexibility index (Phi) is 16.0. The van der Waals surface area contributed by atoms with Crippen molar-refractivity contribution in [2.24, 2.45) is 0 Å². The van der Waals surface area contributed by atoms with Crippen molar-refractivity contribution in [2.45, 2.75) is 133 Å². The van der Waals surface area contributed by atoms with Gasteiger partial charge in [-0.3, -0.25) is 19.4 Å². The van der Waals surface area contributed by atoms with Gasteiger partial charge < -0.3 is 20.1 Å². The summed E-state index contributed by atoms with van der Waals surface area (Å²) in [6.07, 6.45) is 12.8. The predicted octanol–water partition coefficient (Wildman–Crippen LogP) is 10.3. The van der Waals surface area contributed by atoms with Crippen molar-refractivity contribution in [1.29, 1.82) is 0 Å². The number of ether oxygens (including phenoxy) is 2. The summed E-state index contributed by atoms with van der Waals surface area (Å²) in [4.78, 5) is 79.3. The number of benzene rings is 2. The Morgan fingerprint density at radius 3 is 1.41 bits per heavy atom. The average Bonchev–Trinajstić information content (AvgIpc) is 4.14. The number of nitrogens with zero attached hydrogens (tertiary/aromatic N) is 8. The van der Waals surface area contributed by atoms with Gasteiger partial charge in [0, 0.05) is 59.7 Å². The normalized spacial score (nSPS) is 23.4. The van der Waals surface area contributed by atoms with Gasteiger partial charge in [0.05, 0.1) is 12.1 Å². The summed E-state index contributed by atoms with van der Waals surface area (Å²) in [7, 11) is 0. The van der Waals surface area contributed by atoms with Crippen LogP contribution in [0.3, 0.4) is 0 Å². The third-order valence-corrected chi connectivity index (χ3v) is 15.2. The SMILES string of the molecule is CC1(C)OC(=O)N(C2CCC(NC(=O)c3csc(-c4ncccn4)n3)CC2)[C@H]1c1ccccc1.CC1(C)OC(=O)N(C2CCC(NC(=O)c3csc(Br)n3)CC2)[C@H]1c1ccccc1.Cc1ncccn1. The second-order valence-electron chi connectivity index (χ2n) is 18.7. The molecule has 0 unspecified atom stereocenters. The first kappa shape index (κ1) is 50.2. The van der Waals surface area contributed by atoms with E-state index in [2.05, 4.69) is 80.7 Å². The van der Waals surface area contributed by atoms with Gasteiger partial charge in [0.25, 0.3) is 11.8 Å². The molecule has 19 heteroatoms. The highest BCUT2D eigenvalue weighted by Gasteiger charge is 2.52. The minimum absolute atomic E-state index is 0.0451. The van der Waals surface area contributed by atoms with E-state index in [0.717, 1.165) is 68.3 Å². The minimum Gasteiger partial charge on any atom is -0.441 e. The lowest BCUT2D eigenvalue weighted by Gasteiger charge is -2.38. The Bertz CT molecular complexity index is 2700. The van der Waals surface area contributed by atoms with Crippen LogP contribution < -0.4 is 10.6 Å². The van der Waals surface area contributed by atoms with Gasteiger partial charge in [0.15, 0.2) is 14.7 Å². The van der Waals surface area contributed by atoms with E-state index in [9.17, 15) is 19.2 Å². The maximum atomic E-state index is 12.9. The van der Waals surface area contributed by atoms with Crippen LogP contribution in [-0.4, -0.2) is 99.1 Å². The molecule has 366 valence electrons. The van der Waals surface area contributed by atoms with E-state index < -0.39 is 11.2 Å². The summed E-state index contributed by atoms with van der Waals surface area (Å²) >= 11 is 6.04. The molecule has 4 fully saturated rings. The van der Waals surface area contributed by atoms with E-state index in [0.29, 0.717) is 26.1 Å². The molecular formula is C51H57BrN10O6S2. The molecule has 2 saturated carbocycles. The quantitative estimate of drug-likeness (QED) is 0.139. The standard InChI is InChI=1S/C25H27N5O3S.C21H24BrN3O3S.C5H6N2/c1-25(2)20(16-7-4-3-5-8-16)30(24(32)33-25)18-11-9-17(10-12-18)28-22(31)19-15-34-23(29-19)21-26-13-6-14-27-21;1-21(2)17(13-6-4-3-5-7-13)25(20(27)28-21)15-10-8-14(9-11-15)23-18(26)16-12-29-19(22)24-16;1-5-6-3-2-4-7-5/h3-8,13-15,17-18,20H,9-12H2,1-2H3,(H,28,31);3-7,12,14-15,17H,8-11H2,1-2H3,(H,23,26);2-4H,1H3/t17?,18?,20-;14?,15?,17-;/m00./s1. The number of cyclic esters (lactones) is 2. The van der Waals surface area contributed by atoms with Gasteiger partial charge in [0.1, 0.15) is 28.4 Å². The largest absolute Gasteiger partial charge is 0.441 e. The molecule has 70 heavy (non-hydrogen) atoms. The fourth-order valence-electron chi connectivity index (χ4n) is 9.80. The summed E-state index contributed by atoms with van der Waals surface area (Å²) in [5.41, 5.74) is 1.81. The van der Waals surface area contributed by atoms with Crippen LogP contribution in [0.2, 0.25) is 0 Å². The van der Waals surface area contributed by atoms with Crippen LogP contribution in [0.15, 0.2) is 112 Å². The fraction of sp³-hybridized carbons (Fsp3) is 0.412. The number of thiazole rings is 2. The third-order valence-electron chi connectivity index (χ3n) is 13.0. The molecule has 6 aromatic rings. The topological polar surface area (TPSA) is 195 Å². The first-order valence-corrected chi connectivity index (χ1v) is 26.0. The summed E-state index contributed by atoms with van der Waals surface area (Å²) in [5.74, 6) is 1.01. The van der Waals surface area contributed by atoms with Crippen LogP contribution in [0.4, 0.5) is 9.59 Å². The molecule has 2 atom stereocenters. The summed E-state index contributed by atoms with van der Waals surface area (Å²) in [6, 6.07) is 23.8. The molecule has 0 spiro atoms. The van der Waals surface area contributed by atoms with Crippen LogP contribution >= 0.6 is 38.6 Å². The van der Waals surface area contributed by atoms with Crippen LogP contribution in [0.5, 0.6) is 0 Å². The predicted molar refractivity (Wildman–Crippen MR) is 270 cm³/mol. The Hall–Kier alpha value is -6.18. The number of amides is 4. The van der Waals surface area contributed by atoms with Gasteiger partial charge in [-0.1, -0.05) is 60.7 Å². The smallest absolute Gasteiger partial charge is 0.411 e. The molecule has 4 aliphatic rings. The monoisotopic (exact) mass is 1050 g/mol. The molecule has 16 nitrogen and oxygen atoms in total. The molecule has 6 heterocycles. The van der Waals surface area contributed by atoms with Crippen molar-refractivity contribution in [3.63, 3.8) is 0 Å². The Morgan fingerprint density at radius 2 is 1.01 bits per heavy atom. The molecule has 2 aliphatic heterocycles. The molecule has 4 amide bonds. The van der Waals surface area contributed by atoms with Crippen molar-refractivity contribution in [3.8, 4) is 10.8 Å². The zero-order chi connectivity index (χ0) is 49.4. The van der Waals surface area contributed by atoms with Gasteiger partial charge in [-0.05, 0) is 125 Å². The Morgan fingerprint density at radius 1 is 0.600 bits per heavy atom. The van der Waals surface area contributed by atoms with E-state index in [1.807, 2.05) is 80.8 Å². The first-order chi connectivity index (χ1) is 33.7. The van der Waals surface area contributed by atoms with Crippen LogP contribution in [-0.2, 0) is 9.47 Å². The lowest BCUT2D eigenvalue weighted by Crippen LogP contribution is -2.46. The highest BCUT2D eigenvalue weighted by atomic mass is 79.9. The second kappa shape index (κ2) is 22.3. The summed E-state index contributed by atoms with van der Waals surface area (Å²) in [5, 5.41) is 10.3.